The van der Waals surface area contributed by atoms with Crippen LogP contribution in [0.1, 0.15) is 31.4 Å². The SMILES string of the molecule is CC(Nc1ccccc1N1CCCC1)c1ccccc1. The van der Waals surface area contributed by atoms with Gasteiger partial charge in [-0.1, -0.05) is 42.5 Å². The van der Waals surface area contributed by atoms with Gasteiger partial charge in [-0.05, 0) is 37.5 Å². The van der Waals surface area contributed by atoms with E-state index in [0.29, 0.717) is 6.04 Å². The molecule has 1 unspecified atom stereocenters. The van der Waals surface area contributed by atoms with Crippen molar-refractivity contribution in [1.82, 2.24) is 0 Å². The summed E-state index contributed by atoms with van der Waals surface area (Å²) < 4.78 is 0. The summed E-state index contributed by atoms with van der Waals surface area (Å²) in [7, 11) is 0. The van der Waals surface area contributed by atoms with Gasteiger partial charge in [0.05, 0.1) is 11.4 Å². The molecule has 0 saturated carbocycles. The molecule has 2 nitrogen and oxygen atoms in total. The minimum Gasteiger partial charge on any atom is -0.377 e. The molecule has 3 rings (SSSR count). The molecule has 1 saturated heterocycles. The molecule has 1 N–H and O–H groups in total. The Balaban J connectivity index is 1.80. The van der Waals surface area contributed by atoms with Gasteiger partial charge in [-0.15, -0.1) is 0 Å². The summed E-state index contributed by atoms with van der Waals surface area (Å²) in [5.74, 6) is 0. The predicted octanol–water partition coefficient (Wildman–Crippen LogP) is 4.46. The van der Waals surface area contributed by atoms with E-state index in [1.54, 1.807) is 0 Å². The zero-order chi connectivity index (χ0) is 13.8. The van der Waals surface area contributed by atoms with Crippen LogP contribution < -0.4 is 10.2 Å². The first-order chi connectivity index (χ1) is 9.84. The van der Waals surface area contributed by atoms with E-state index in [4.69, 9.17) is 0 Å². The second-order valence-electron chi connectivity index (χ2n) is 5.49. The Hall–Kier alpha value is -1.96. The summed E-state index contributed by atoms with van der Waals surface area (Å²) in [6, 6.07) is 19.6. The van der Waals surface area contributed by atoms with Gasteiger partial charge in [0.1, 0.15) is 0 Å². The number of benzene rings is 2. The van der Waals surface area contributed by atoms with Crippen LogP contribution in [0, 0.1) is 0 Å². The number of para-hydroxylation sites is 2. The van der Waals surface area contributed by atoms with Crippen LogP contribution in [0.5, 0.6) is 0 Å². The molecule has 0 aromatic heterocycles. The van der Waals surface area contributed by atoms with Gasteiger partial charge < -0.3 is 10.2 Å². The Kier molecular flexibility index (Phi) is 3.91. The summed E-state index contributed by atoms with van der Waals surface area (Å²) in [4.78, 5) is 2.49. The Morgan fingerprint density at radius 3 is 2.30 bits per heavy atom. The molecule has 1 aliphatic heterocycles. The van der Waals surface area contributed by atoms with Crippen molar-refractivity contribution in [2.24, 2.45) is 0 Å². The molecule has 0 amide bonds. The van der Waals surface area contributed by atoms with Crippen molar-refractivity contribution < 1.29 is 0 Å². The van der Waals surface area contributed by atoms with Gasteiger partial charge in [0.2, 0.25) is 0 Å². The molecule has 20 heavy (non-hydrogen) atoms. The van der Waals surface area contributed by atoms with E-state index in [0.717, 1.165) is 0 Å². The van der Waals surface area contributed by atoms with Crippen LogP contribution in [0.2, 0.25) is 0 Å². The third-order valence-corrected chi connectivity index (χ3v) is 4.02. The fraction of sp³-hybridized carbons (Fsp3) is 0.333. The summed E-state index contributed by atoms with van der Waals surface area (Å²) >= 11 is 0. The number of anilines is 2. The molecule has 0 bridgehead atoms. The van der Waals surface area contributed by atoms with Crippen LogP contribution >= 0.6 is 0 Å². The third kappa shape index (κ3) is 2.79. The highest BCUT2D eigenvalue weighted by atomic mass is 15.2. The van der Waals surface area contributed by atoms with Crippen molar-refractivity contribution in [3.05, 3.63) is 60.2 Å². The molecule has 2 aromatic carbocycles. The largest absolute Gasteiger partial charge is 0.377 e. The summed E-state index contributed by atoms with van der Waals surface area (Å²) in [5, 5.41) is 3.66. The molecule has 104 valence electrons. The fourth-order valence-corrected chi connectivity index (χ4v) is 2.89. The van der Waals surface area contributed by atoms with Gasteiger partial charge in [0, 0.05) is 19.1 Å². The number of nitrogens with zero attached hydrogens (tertiary/aromatic N) is 1. The van der Waals surface area contributed by atoms with Crippen LogP contribution in [0.3, 0.4) is 0 Å². The van der Waals surface area contributed by atoms with Crippen molar-refractivity contribution in [3.8, 4) is 0 Å². The maximum absolute atomic E-state index is 3.66. The Labute approximate surface area is 121 Å². The highest BCUT2D eigenvalue weighted by molar-refractivity contribution is 5.70. The van der Waals surface area contributed by atoms with Gasteiger partial charge in [0.15, 0.2) is 0 Å². The lowest BCUT2D eigenvalue weighted by Gasteiger charge is -2.24. The molecule has 1 heterocycles. The second-order valence-corrected chi connectivity index (χ2v) is 5.49. The molecule has 1 aliphatic rings. The zero-order valence-electron chi connectivity index (χ0n) is 12.0. The van der Waals surface area contributed by atoms with Gasteiger partial charge in [-0.25, -0.2) is 0 Å². The average molecular weight is 266 g/mol. The maximum atomic E-state index is 3.66. The number of hydrogen-bond acceptors (Lipinski definition) is 2. The molecular weight excluding hydrogens is 244 g/mol. The minimum atomic E-state index is 0.319. The summed E-state index contributed by atoms with van der Waals surface area (Å²) in [6.07, 6.45) is 2.62. The lowest BCUT2D eigenvalue weighted by molar-refractivity contribution is 0.878. The van der Waals surface area contributed by atoms with E-state index >= 15 is 0 Å². The first-order valence-electron chi connectivity index (χ1n) is 7.50. The molecular formula is C18H22N2. The maximum Gasteiger partial charge on any atom is 0.0602 e. The Morgan fingerprint density at radius 2 is 1.55 bits per heavy atom. The van der Waals surface area contributed by atoms with E-state index in [2.05, 4.69) is 71.7 Å². The van der Waals surface area contributed by atoms with Crippen molar-refractivity contribution in [2.75, 3.05) is 23.3 Å². The number of rotatable bonds is 4. The van der Waals surface area contributed by atoms with Gasteiger partial charge in [-0.2, -0.15) is 0 Å². The topological polar surface area (TPSA) is 15.3 Å². The zero-order valence-corrected chi connectivity index (χ0v) is 12.0. The Morgan fingerprint density at radius 1 is 0.900 bits per heavy atom. The van der Waals surface area contributed by atoms with Crippen LogP contribution in [-0.4, -0.2) is 13.1 Å². The van der Waals surface area contributed by atoms with E-state index < -0.39 is 0 Å². The summed E-state index contributed by atoms with van der Waals surface area (Å²) in [5.41, 5.74) is 3.90. The average Bonchev–Trinajstić information content (AvgIpc) is 3.03. The van der Waals surface area contributed by atoms with E-state index in [-0.39, 0.29) is 0 Å². The van der Waals surface area contributed by atoms with Crippen molar-refractivity contribution in [2.45, 2.75) is 25.8 Å². The molecule has 0 radical (unpaired) electrons. The van der Waals surface area contributed by atoms with Gasteiger partial charge in [0.25, 0.3) is 0 Å². The molecule has 1 atom stereocenters. The van der Waals surface area contributed by atoms with Crippen molar-refractivity contribution >= 4 is 11.4 Å². The van der Waals surface area contributed by atoms with Crippen LogP contribution in [0.25, 0.3) is 0 Å². The van der Waals surface area contributed by atoms with Crippen LogP contribution in [0.4, 0.5) is 11.4 Å². The molecule has 2 heteroatoms. The fourth-order valence-electron chi connectivity index (χ4n) is 2.89. The van der Waals surface area contributed by atoms with Crippen LogP contribution in [-0.2, 0) is 0 Å². The first-order valence-corrected chi connectivity index (χ1v) is 7.50. The quantitative estimate of drug-likeness (QED) is 0.879. The van der Waals surface area contributed by atoms with Gasteiger partial charge >= 0.3 is 0 Å². The van der Waals surface area contributed by atoms with Crippen molar-refractivity contribution in [3.63, 3.8) is 0 Å². The summed E-state index contributed by atoms with van der Waals surface area (Å²) in [6.45, 7) is 4.58. The molecule has 0 spiro atoms. The monoisotopic (exact) mass is 266 g/mol. The predicted molar refractivity (Wildman–Crippen MR) is 86.4 cm³/mol. The van der Waals surface area contributed by atoms with Crippen molar-refractivity contribution in [1.29, 1.82) is 0 Å². The second kappa shape index (κ2) is 6.00. The number of nitrogens with one attached hydrogen (secondary N) is 1. The first kappa shape index (κ1) is 13.0. The highest BCUT2D eigenvalue weighted by Crippen LogP contribution is 2.31. The smallest absolute Gasteiger partial charge is 0.0602 e. The van der Waals surface area contributed by atoms with Crippen LogP contribution in [0.15, 0.2) is 54.6 Å². The normalized spacial score (nSPS) is 16.1. The highest BCUT2D eigenvalue weighted by Gasteiger charge is 2.16. The lowest BCUT2D eigenvalue weighted by Crippen LogP contribution is -2.20. The van der Waals surface area contributed by atoms with E-state index in [9.17, 15) is 0 Å². The molecule has 0 aliphatic carbocycles. The van der Waals surface area contributed by atoms with E-state index in [1.165, 1.54) is 42.9 Å². The minimum absolute atomic E-state index is 0.319. The van der Waals surface area contributed by atoms with Gasteiger partial charge in [-0.3, -0.25) is 0 Å². The third-order valence-electron chi connectivity index (χ3n) is 4.02. The van der Waals surface area contributed by atoms with E-state index in [1.807, 2.05) is 0 Å². The molecule has 1 fully saturated rings. The Bertz CT molecular complexity index is 544. The lowest BCUT2D eigenvalue weighted by atomic mass is 10.1. The molecule has 2 aromatic rings. The number of hydrogen-bond donors (Lipinski definition) is 1. The standard InChI is InChI=1S/C18H22N2/c1-15(16-9-3-2-4-10-16)19-17-11-5-6-12-18(17)20-13-7-8-14-20/h2-6,9-12,15,19H,7-8,13-14H2,1H3.